The first-order valence-corrected chi connectivity index (χ1v) is 10.7. The minimum atomic E-state index is -1.24. The maximum atomic E-state index is 10.3. The van der Waals surface area contributed by atoms with Gasteiger partial charge in [-0.25, -0.2) is 0 Å². The summed E-state index contributed by atoms with van der Waals surface area (Å²) in [6.07, 6.45) is 5.16. The molecule has 1 saturated carbocycles. The van der Waals surface area contributed by atoms with Gasteiger partial charge < -0.3 is 30.3 Å². The van der Waals surface area contributed by atoms with Crippen LogP contribution < -0.4 is 4.74 Å². The van der Waals surface area contributed by atoms with Crippen LogP contribution in [0.2, 0.25) is 5.02 Å². The standard InChI is InChI=1S/C22H33ClO6/c23-15-6-5-7-17(12-15)29-14-16(24)10-11-19-18(20(25)13-21(19)26)8-3-1-2-4-9-22(27)28/h5-7,10-12,16,18-22,24-28H,1-4,8-9,13-14H2. The molecule has 0 spiro atoms. The van der Waals surface area contributed by atoms with Crippen molar-refractivity contribution in [1.29, 1.82) is 0 Å². The van der Waals surface area contributed by atoms with Crippen LogP contribution in [0.3, 0.4) is 0 Å². The Hall–Kier alpha value is -1.15. The molecule has 1 aromatic carbocycles. The summed E-state index contributed by atoms with van der Waals surface area (Å²) in [6.45, 7) is 0.0730. The minimum Gasteiger partial charge on any atom is -0.491 e. The molecule has 5 unspecified atom stereocenters. The third kappa shape index (κ3) is 8.62. The lowest BCUT2D eigenvalue weighted by Crippen LogP contribution is -2.22. The summed E-state index contributed by atoms with van der Waals surface area (Å²) >= 11 is 5.91. The molecule has 5 N–H and O–H groups in total. The number of halogens is 1. The van der Waals surface area contributed by atoms with Gasteiger partial charge in [-0.2, -0.15) is 0 Å². The molecule has 164 valence electrons. The maximum Gasteiger partial charge on any atom is 0.151 e. The fraction of sp³-hybridized carbons (Fsp3) is 0.636. The van der Waals surface area contributed by atoms with Crippen LogP contribution in [0, 0.1) is 11.8 Å². The van der Waals surface area contributed by atoms with Gasteiger partial charge in [-0.15, -0.1) is 0 Å². The summed E-state index contributed by atoms with van der Waals surface area (Å²) in [5.41, 5.74) is 0. The number of aliphatic hydroxyl groups excluding tert-OH is 4. The largest absolute Gasteiger partial charge is 0.491 e. The predicted octanol–water partition coefficient (Wildman–Crippen LogP) is 2.65. The highest BCUT2D eigenvalue weighted by molar-refractivity contribution is 6.30. The molecule has 2 rings (SSSR count). The molecule has 0 bridgehead atoms. The topological polar surface area (TPSA) is 110 Å². The van der Waals surface area contributed by atoms with Gasteiger partial charge in [0.1, 0.15) is 18.5 Å². The second kappa shape index (κ2) is 12.5. The van der Waals surface area contributed by atoms with Crippen LogP contribution in [0.25, 0.3) is 0 Å². The molecule has 1 aliphatic carbocycles. The Morgan fingerprint density at radius 2 is 1.83 bits per heavy atom. The number of hydrogen-bond donors (Lipinski definition) is 5. The summed E-state index contributed by atoms with van der Waals surface area (Å²) in [5.74, 6) is 0.323. The predicted molar refractivity (Wildman–Crippen MR) is 112 cm³/mol. The number of rotatable bonds is 12. The lowest BCUT2D eigenvalue weighted by atomic mass is 9.88. The van der Waals surface area contributed by atoms with Crippen molar-refractivity contribution in [3.8, 4) is 5.75 Å². The molecule has 0 amide bonds. The summed E-state index contributed by atoms with van der Waals surface area (Å²) in [5, 5.41) is 49.0. The maximum absolute atomic E-state index is 10.3. The molecule has 1 fully saturated rings. The van der Waals surface area contributed by atoms with Gasteiger partial charge in [-0.3, -0.25) is 0 Å². The van der Waals surface area contributed by atoms with E-state index in [2.05, 4.69) is 0 Å². The second-order valence-electron chi connectivity index (χ2n) is 7.80. The third-order valence-electron chi connectivity index (χ3n) is 5.44. The van der Waals surface area contributed by atoms with E-state index in [9.17, 15) is 15.3 Å². The summed E-state index contributed by atoms with van der Waals surface area (Å²) in [7, 11) is 0. The first-order valence-electron chi connectivity index (χ1n) is 10.3. The van der Waals surface area contributed by atoms with E-state index in [-0.39, 0.29) is 18.4 Å². The van der Waals surface area contributed by atoms with E-state index < -0.39 is 24.6 Å². The quantitative estimate of drug-likeness (QED) is 0.199. The lowest BCUT2D eigenvalue weighted by Gasteiger charge is -2.21. The van der Waals surface area contributed by atoms with Crippen LogP contribution in [-0.4, -0.2) is 56.7 Å². The van der Waals surface area contributed by atoms with Crippen molar-refractivity contribution in [3.63, 3.8) is 0 Å². The van der Waals surface area contributed by atoms with Crippen molar-refractivity contribution in [2.24, 2.45) is 11.8 Å². The summed E-state index contributed by atoms with van der Waals surface area (Å²) in [6, 6.07) is 6.95. The number of benzene rings is 1. The molecule has 0 aromatic heterocycles. The Kier molecular flexibility index (Phi) is 10.4. The van der Waals surface area contributed by atoms with Gasteiger partial charge in [0.25, 0.3) is 0 Å². The number of unbranched alkanes of at least 4 members (excludes halogenated alkanes) is 3. The molecular weight excluding hydrogens is 396 g/mol. The van der Waals surface area contributed by atoms with Crippen LogP contribution in [-0.2, 0) is 0 Å². The molecule has 0 radical (unpaired) electrons. The molecule has 7 heteroatoms. The van der Waals surface area contributed by atoms with Crippen molar-refractivity contribution >= 4 is 11.6 Å². The van der Waals surface area contributed by atoms with Crippen LogP contribution in [0.4, 0.5) is 0 Å². The minimum absolute atomic E-state index is 0.0502. The molecule has 0 saturated heterocycles. The van der Waals surface area contributed by atoms with E-state index in [1.54, 1.807) is 36.4 Å². The zero-order valence-electron chi connectivity index (χ0n) is 16.6. The smallest absolute Gasteiger partial charge is 0.151 e. The van der Waals surface area contributed by atoms with E-state index in [0.717, 1.165) is 32.1 Å². The second-order valence-corrected chi connectivity index (χ2v) is 8.24. The van der Waals surface area contributed by atoms with Crippen molar-refractivity contribution in [2.45, 2.75) is 69.5 Å². The van der Waals surface area contributed by atoms with Gasteiger partial charge in [0.15, 0.2) is 6.29 Å². The average molecular weight is 429 g/mol. The van der Waals surface area contributed by atoms with Gasteiger partial charge in [-0.1, -0.05) is 49.1 Å². The van der Waals surface area contributed by atoms with Crippen LogP contribution in [0.5, 0.6) is 5.75 Å². The van der Waals surface area contributed by atoms with Crippen LogP contribution >= 0.6 is 11.6 Å². The van der Waals surface area contributed by atoms with E-state index in [0.29, 0.717) is 23.6 Å². The zero-order chi connectivity index (χ0) is 21.2. The third-order valence-corrected chi connectivity index (χ3v) is 5.67. The SMILES string of the molecule is OC(O)CCCCCCC1C(O)CC(O)C1C=CC(O)COc1cccc(Cl)c1. The molecule has 5 atom stereocenters. The Balaban J connectivity index is 1.77. The molecule has 0 heterocycles. The van der Waals surface area contributed by atoms with Crippen molar-refractivity contribution in [2.75, 3.05) is 6.61 Å². The first-order chi connectivity index (χ1) is 13.9. The van der Waals surface area contributed by atoms with Crippen LogP contribution in [0.1, 0.15) is 44.9 Å². The molecule has 6 nitrogen and oxygen atoms in total. The molecule has 1 aromatic rings. The highest BCUT2D eigenvalue weighted by Gasteiger charge is 2.39. The number of aliphatic hydroxyl groups is 5. The van der Waals surface area contributed by atoms with Gasteiger partial charge in [0, 0.05) is 17.4 Å². The fourth-order valence-corrected chi connectivity index (χ4v) is 4.07. The molecule has 1 aliphatic rings. The van der Waals surface area contributed by atoms with E-state index in [1.807, 2.05) is 0 Å². The Bertz CT molecular complexity index is 623. The fourth-order valence-electron chi connectivity index (χ4n) is 3.89. The van der Waals surface area contributed by atoms with Gasteiger partial charge in [0.05, 0.1) is 12.2 Å². The normalized spacial score (nSPS) is 25.8. The van der Waals surface area contributed by atoms with Crippen molar-refractivity contribution < 1.29 is 30.3 Å². The summed E-state index contributed by atoms with van der Waals surface area (Å²) < 4.78 is 5.52. The van der Waals surface area contributed by atoms with Gasteiger partial charge in [0.2, 0.25) is 0 Å². The van der Waals surface area contributed by atoms with Crippen molar-refractivity contribution in [1.82, 2.24) is 0 Å². The number of ether oxygens (including phenoxy) is 1. The highest BCUT2D eigenvalue weighted by Crippen LogP contribution is 2.37. The summed E-state index contributed by atoms with van der Waals surface area (Å²) in [4.78, 5) is 0. The molecular formula is C22H33ClO6. The Morgan fingerprint density at radius 1 is 1.07 bits per heavy atom. The van der Waals surface area contributed by atoms with Gasteiger partial charge in [-0.05, 0) is 43.4 Å². The monoisotopic (exact) mass is 428 g/mol. The van der Waals surface area contributed by atoms with E-state index in [1.165, 1.54) is 0 Å². The highest BCUT2D eigenvalue weighted by atomic mass is 35.5. The van der Waals surface area contributed by atoms with Gasteiger partial charge >= 0.3 is 0 Å². The molecule has 29 heavy (non-hydrogen) atoms. The first kappa shape index (κ1) is 24.1. The average Bonchev–Trinajstić information content (AvgIpc) is 2.93. The van der Waals surface area contributed by atoms with Crippen molar-refractivity contribution in [3.05, 3.63) is 41.4 Å². The van der Waals surface area contributed by atoms with Crippen LogP contribution in [0.15, 0.2) is 36.4 Å². The van der Waals surface area contributed by atoms with E-state index in [4.69, 9.17) is 26.6 Å². The van der Waals surface area contributed by atoms with E-state index >= 15 is 0 Å². The Labute approximate surface area is 177 Å². The lowest BCUT2D eigenvalue weighted by molar-refractivity contribution is -0.0466. The Morgan fingerprint density at radius 3 is 2.55 bits per heavy atom. The molecule has 0 aliphatic heterocycles. The zero-order valence-corrected chi connectivity index (χ0v) is 17.4. The number of hydrogen-bond acceptors (Lipinski definition) is 6.